The SMILES string of the molecule is Cl.NCCCC[C@H](N)c1ccc(O)c(Cl)c1. The Morgan fingerprint density at radius 2 is 2.00 bits per heavy atom. The number of unbranched alkanes of at least 4 members (excludes halogenated alkanes) is 1. The van der Waals surface area contributed by atoms with E-state index in [1.165, 1.54) is 0 Å². The zero-order valence-corrected chi connectivity index (χ0v) is 10.6. The van der Waals surface area contributed by atoms with Gasteiger partial charge in [-0.05, 0) is 37.1 Å². The Bertz CT molecular complexity index is 321. The molecular weight excluding hydrogens is 247 g/mol. The van der Waals surface area contributed by atoms with Crippen LogP contribution in [0.1, 0.15) is 30.9 Å². The van der Waals surface area contributed by atoms with E-state index in [4.69, 9.17) is 23.1 Å². The second-order valence-corrected chi connectivity index (χ2v) is 4.01. The molecule has 0 aliphatic rings. The lowest BCUT2D eigenvalue weighted by Crippen LogP contribution is -2.11. The van der Waals surface area contributed by atoms with E-state index in [1.807, 2.05) is 0 Å². The van der Waals surface area contributed by atoms with E-state index in [2.05, 4.69) is 0 Å². The minimum Gasteiger partial charge on any atom is -0.506 e. The molecule has 5 heteroatoms. The summed E-state index contributed by atoms with van der Waals surface area (Å²) < 4.78 is 0. The van der Waals surface area contributed by atoms with Gasteiger partial charge in [-0.15, -0.1) is 12.4 Å². The summed E-state index contributed by atoms with van der Waals surface area (Å²) in [5.74, 6) is 0.0922. The minimum atomic E-state index is -0.0327. The summed E-state index contributed by atoms with van der Waals surface area (Å²) in [6.45, 7) is 0.697. The summed E-state index contributed by atoms with van der Waals surface area (Å²) >= 11 is 5.79. The highest BCUT2D eigenvalue weighted by Crippen LogP contribution is 2.27. The molecule has 1 aromatic carbocycles. The fourth-order valence-corrected chi connectivity index (χ4v) is 1.62. The van der Waals surface area contributed by atoms with E-state index in [1.54, 1.807) is 18.2 Å². The summed E-state index contributed by atoms with van der Waals surface area (Å²) in [5.41, 5.74) is 12.3. The molecule has 92 valence electrons. The van der Waals surface area contributed by atoms with Crippen LogP contribution in [0.4, 0.5) is 0 Å². The van der Waals surface area contributed by atoms with Crippen LogP contribution in [0.2, 0.25) is 5.02 Å². The van der Waals surface area contributed by atoms with Crippen LogP contribution in [0.25, 0.3) is 0 Å². The summed E-state index contributed by atoms with van der Waals surface area (Å²) in [6, 6.07) is 5.05. The Kier molecular flexibility index (Phi) is 7.51. The van der Waals surface area contributed by atoms with Gasteiger partial charge in [-0.1, -0.05) is 24.1 Å². The van der Waals surface area contributed by atoms with Gasteiger partial charge >= 0.3 is 0 Å². The fourth-order valence-electron chi connectivity index (χ4n) is 1.43. The number of aromatic hydroxyl groups is 1. The Balaban J connectivity index is 0.00000225. The second-order valence-electron chi connectivity index (χ2n) is 3.60. The Morgan fingerprint density at radius 3 is 2.56 bits per heavy atom. The summed E-state index contributed by atoms with van der Waals surface area (Å²) in [4.78, 5) is 0. The largest absolute Gasteiger partial charge is 0.506 e. The maximum atomic E-state index is 9.25. The summed E-state index contributed by atoms with van der Waals surface area (Å²) in [7, 11) is 0. The molecule has 0 saturated heterocycles. The van der Waals surface area contributed by atoms with Crippen molar-refractivity contribution in [2.24, 2.45) is 11.5 Å². The van der Waals surface area contributed by atoms with Crippen molar-refractivity contribution in [3.8, 4) is 5.75 Å². The van der Waals surface area contributed by atoms with Crippen LogP contribution in [0.5, 0.6) is 5.75 Å². The number of phenolic OH excluding ortho intramolecular Hbond substituents is 1. The van der Waals surface area contributed by atoms with Gasteiger partial charge < -0.3 is 16.6 Å². The van der Waals surface area contributed by atoms with E-state index >= 15 is 0 Å². The molecule has 0 aliphatic heterocycles. The highest BCUT2D eigenvalue weighted by atomic mass is 35.5. The Hall–Kier alpha value is -0.480. The second kappa shape index (κ2) is 7.74. The molecule has 3 nitrogen and oxygen atoms in total. The lowest BCUT2D eigenvalue weighted by molar-refractivity contribution is 0.475. The van der Waals surface area contributed by atoms with Gasteiger partial charge in [0.1, 0.15) is 5.75 Å². The quantitative estimate of drug-likeness (QED) is 0.716. The first-order valence-electron chi connectivity index (χ1n) is 5.09. The van der Waals surface area contributed by atoms with E-state index < -0.39 is 0 Å². The first kappa shape index (κ1) is 15.5. The number of nitrogens with two attached hydrogens (primary N) is 2. The van der Waals surface area contributed by atoms with Crippen LogP contribution in [0.15, 0.2) is 18.2 Å². The van der Waals surface area contributed by atoms with Crippen LogP contribution in [-0.2, 0) is 0 Å². The van der Waals surface area contributed by atoms with E-state index in [-0.39, 0.29) is 24.2 Å². The lowest BCUT2D eigenvalue weighted by Gasteiger charge is -2.12. The highest BCUT2D eigenvalue weighted by Gasteiger charge is 2.07. The molecule has 0 aromatic heterocycles. The lowest BCUT2D eigenvalue weighted by atomic mass is 10.0. The van der Waals surface area contributed by atoms with Gasteiger partial charge in [0.05, 0.1) is 5.02 Å². The Labute approximate surface area is 107 Å². The van der Waals surface area contributed by atoms with Crippen molar-refractivity contribution in [3.63, 3.8) is 0 Å². The number of halogens is 2. The normalized spacial score (nSPS) is 11.9. The fraction of sp³-hybridized carbons (Fsp3) is 0.455. The van der Waals surface area contributed by atoms with Gasteiger partial charge in [-0.25, -0.2) is 0 Å². The average Bonchev–Trinajstić information content (AvgIpc) is 2.22. The van der Waals surface area contributed by atoms with Crippen LogP contribution in [0.3, 0.4) is 0 Å². The Morgan fingerprint density at radius 1 is 1.31 bits per heavy atom. The predicted octanol–water partition coefficient (Wildman–Crippen LogP) is 2.60. The first-order valence-corrected chi connectivity index (χ1v) is 5.47. The number of phenols is 1. The maximum absolute atomic E-state index is 9.25. The van der Waals surface area contributed by atoms with Crippen LogP contribution in [0, 0.1) is 0 Å². The standard InChI is InChI=1S/C11H17ClN2O.ClH/c12-9-7-8(4-5-11(9)15)10(14)3-1-2-6-13;/h4-5,7,10,15H,1-3,6,13-14H2;1H/t10-;/m0./s1. The van der Waals surface area contributed by atoms with Crippen molar-refractivity contribution in [3.05, 3.63) is 28.8 Å². The first-order chi connectivity index (χ1) is 7.15. The highest BCUT2D eigenvalue weighted by molar-refractivity contribution is 6.32. The average molecular weight is 265 g/mol. The number of hydrogen-bond donors (Lipinski definition) is 3. The van der Waals surface area contributed by atoms with Crippen molar-refractivity contribution in [2.45, 2.75) is 25.3 Å². The van der Waals surface area contributed by atoms with Crippen molar-refractivity contribution >= 4 is 24.0 Å². The van der Waals surface area contributed by atoms with Gasteiger partial charge in [0.15, 0.2) is 0 Å². The molecule has 0 bridgehead atoms. The smallest absolute Gasteiger partial charge is 0.134 e. The van der Waals surface area contributed by atoms with Crippen molar-refractivity contribution < 1.29 is 5.11 Å². The molecule has 0 fully saturated rings. The maximum Gasteiger partial charge on any atom is 0.134 e. The van der Waals surface area contributed by atoms with E-state index in [0.29, 0.717) is 11.6 Å². The summed E-state index contributed by atoms with van der Waals surface area (Å²) in [6.07, 6.45) is 2.88. The molecule has 0 heterocycles. The number of benzene rings is 1. The van der Waals surface area contributed by atoms with E-state index in [9.17, 15) is 5.11 Å². The molecule has 0 unspecified atom stereocenters. The van der Waals surface area contributed by atoms with Crippen LogP contribution in [-0.4, -0.2) is 11.7 Å². The third-order valence-corrected chi connectivity index (χ3v) is 2.67. The van der Waals surface area contributed by atoms with Crippen molar-refractivity contribution in [2.75, 3.05) is 6.54 Å². The number of hydrogen-bond acceptors (Lipinski definition) is 3. The molecule has 0 amide bonds. The monoisotopic (exact) mass is 264 g/mol. The van der Waals surface area contributed by atoms with Crippen LogP contribution >= 0.6 is 24.0 Å². The molecule has 0 saturated carbocycles. The number of rotatable bonds is 5. The topological polar surface area (TPSA) is 72.3 Å². The van der Waals surface area contributed by atoms with Gasteiger partial charge in [-0.2, -0.15) is 0 Å². The van der Waals surface area contributed by atoms with Crippen LogP contribution < -0.4 is 11.5 Å². The van der Waals surface area contributed by atoms with Gasteiger partial charge in [0.2, 0.25) is 0 Å². The van der Waals surface area contributed by atoms with Gasteiger partial charge in [-0.3, -0.25) is 0 Å². The zero-order chi connectivity index (χ0) is 11.3. The zero-order valence-electron chi connectivity index (χ0n) is 9.03. The minimum absolute atomic E-state index is 0. The van der Waals surface area contributed by atoms with Crippen molar-refractivity contribution in [1.82, 2.24) is 0 Å². The molecule has 1 atom stereocenters. The van der Waals surface area contributed by atoms with Gasteiger partial charge in [0.25, 0.3) is 0 Å². The van der Waals surface area contributed by atoms with Crippen molar-refractivity contribution in [1.29, 1.82) is 0 Å². The molecule has 16 heavy (non-hydrogen) atoms. The predicted molar refractivity (Wildman–Crippen MR) is 70.2 cm³/mol. The molecule has 1 aromatic rings. The molecular formula is C11H18Cl2N2O. The summed E-state index contributed by atoms with van der Waals surface area (Å²) in [5, 5.41) is 9.60. The van der Waals surface area contributed by atoms with Gasteiger partial charge in [0, 0.05) is 6.04 Å². The molecule has 0 spiro atoms. The molecule has 1 rings (SSSR count). The third kappa shape index (κ3) is 4.58. The van der Waals surface area contributed by atoms with E-state index in [0.717, 1.165) is 24.8 Å². The third-order valence-electron chi connectivity index (χ3n) is 2.37. The molecule has 0 aliphatic carbocycles. The molecule has 5 N–H and O–H groups in total. The molecule has 0 radical (unpaired) electrons.